The Balaban J connectivity index is 1.10. The topological polar surface area (TPSA) is 44.8 Å². The first kappa shape index (κ1) is 16.6. The average Bonchev–Trinajstić information content (AvgIpc) is 3.35. The normalized spacial score (nSPS) is 41.6. The Kier molecular flexibility index (Phi) is 4.95. The number of carbonyl (C=O) groups is 1. The molecule has 24 heavy (non-hydrogen) atoms. The summed E-state index contributed by atoms with van der Waals surface area (Å²) in [6.45, 7) is 6.18. The molecule has 0 aromatic rings. The van der Waals surface area contributed by atoms with E-state index in [9.17, 15) is 4.79 Å². The molecule has 4 rings (SSSR count). The van der Waals surface area contributed by atoms with E-state index in [1.807, 2.05) is 0 Å². The number of carbonyl (C=O) groups excluding carboxylic acids is 1. The minimum atomic E-state index is -0.398. The zero-order valence-corrected chi connectivity index (χ0v) is 14.5. The summed E-state index contributed by atoms with van der Waals surface area (Å²) in [5, 5.41) is 0. The molecule has 4 heteroatoms. The molecular weight excluding hydrogens is 304 g/mol. The number of esters is 1. The van der Waals surface area contributed by atoms with Gasteiger partial charge in [0.05, 0.1) is 19.8 Å². The fourth-order valence-corrected chi connectivity index (χ4v) is 6.61. The van der Waals surface area contributed by atoms with Gasteiger partial charge >= 0.3 is 5.97 Å². The molecule has 0 radical (unpaired) electrons. The van der Waals surface area contributed by atoms with Gasteiger partial charge in [-0.15, -0.1) is 0 Å². The Morgan fingerprint density at radius 3 is 2.50 bits per heavy atom. The highest BCUT2D eigenvalue weighted by atomic mass is 16.6. The van der Waals surface area contributed by atoms with Crippen molar-refractivity contribution in [2.45, 2.75) is 32.1 Å². The SMILES string of the molecule is C=CC(=O)OCCOCCOCC1CC2CC1C1C3CCC(C3)C21. The summed E-state index contributed by atoms with van der Waals surface area (Å²) in [6, 6.07) is 0. The largest absolute Gasteiger partial charge is 0.460 e. The molecule has 0 N–H and O–H groups in total. The number of ether oxygens (including phenoxy) is 3. The van der Waals surface area contributed by atoms with Crippen molar-refractivity contribution in [2.75, 3.05) is 33.0 Å². The molecule has 134 valence electrons. The van der Waals surface area contributed by atoms with Crippen LogP contribution in [0, 0.1) is 41.4 Å². The number of rotatable bonds is 9. The summed E-state index contributed by atoms with van der Waals surface area (Å²) in [7, 11) is 0. The van der Waals surface area contributed by atoms with Crippen LogP contribution in [0.1, 0.15) is 32.1 Å². The molecule has 4 nitrogen and oxygen atoms in total. The van der Waals surface area contributed by atoms with E-state index >= 15 is 0 Å². The maximum atomic E-state index is 10.9. The number of hydrogen-bond acceptors (Lipinski definition) is 4. The summed E-state index contributed by atoms with van der Waals surface area (Å²) in [5.41, 5.74) is 0. The van der Waals surface area contributed by atoms with E-state index in [-0.39, 0.29) is 6.61 Å². The van der Waals surface area contributed by atoms with E-state index in [4.69, 9.17) is 14.2 Å². The van der Waals surface area contributed by atoms with Crippen LogP contribution in [0.5, 0.6) is 0 Å². The van der Waals surface area contributed by atoms with Gasteiger partial charge in [-0.05, 0) is 73.5 Å². The van der Waals surface area contributed by atoms with Gasteiger partial charge in [0.15, 0.2) is 0 Å². The molecule has 4 bridgehead atoms. The monoisotopic (exact) mass is 334 g/mol. The van der Waals surface area contributed by atoms with Crippen LogP contribution < -0.4 is 0 Å². The highest BCUT2D eigenvalue weighted by molar-refractivity contribution is 5.81. The molecule has 0 aliphatic heterocycles. The average molecular weight is 334 g/mol. The Labute approximate surface area is 144 Å². The summed E-state index contributed by atoms with van der Waals surface area (Å²) in [5.74, 6) is 6.64. The smallest absolute Gasteiger partial charge is 0.330 e. The van der Waals surface area contributed by atoms with Crippen molar-refractivity contribution in [1.82, 2.24) is 0 Å². The lowest BCUT2D eigenvalue weighted by molar-refractivity contribution is -0.139. The molecule has 0 aromatic carbocycles. The van der Waals surface area contributed by atoms with Crippen molar-refractivity contribution in [3.63, 3.8) is 0 Å². The van der Waals surface area contributed by atoms with Gasteiger partial charge in [-0.1, -0.05) is 6.58 Å². The molecule has 0 aromatic heterocycles. The Morgan fingerprint density at radius 1 is 0.917 bits per heavy atom. The second kappa shape index (κ2) is 7.17. The lowest BCUT2D eigenvalue weighted by Crippen LogP contribution is -2.34. The van der Waals surface area contributed by atoms with Crippen molar-refractivity contribution in [1.29, 1.82) is 0 Å². The third-order valence-corrected chi connectivity index (χ3v) is 7.21. The van der Waals surface area contributed by atoms with Crippen LogP contribution in [0.2, 0.25) is 0 Å². The fourth-order valence-electron chi connectivity index (χ4n) is 6.61. The predicted molar refractivity (Wildman–Crippen MR) is 90.3 cm³/mol. The van der Waals surface area contributed by atoms with Gasteiger partial charge in [0.2, 0.25) is 0 Å². The second-order valence-electron chi connectivity index (χ2n) is 8.20. The maximum absolute atomic E-state index is 10.9. The Morgan fingerprint density at radius 2 is 1.67 bits per heavy atom. The van der Waals surface area contributed by atoms with Gasteiger partial charge in [-0.3, -0.25) is 0 Å². The third-order valence-electron chi connectivity index (χ3n) is 7.21. The van der Waals surface area contributed by atoms with Crippen LogP contribution >= 0.6 is 0 Å². The Bertz CT molecular complexity index is 476. The lowest BCUT2D eigenvalue weighted by atomic mass is 9.68. The maximum Gasteiger partial charge on any atom is 0.330 e. The highest BCUT2D eigenvalue weighted by Gasteiger charge is 2.61. The standard InChI is InChI=1S/C20H30O4/c1-2-18(21)24-8-7-22-5-6-23-12-16-10-15-11-17(16)20-14-4-3-13(9-14)19(15)20/h2,13-17,19-20H,1,3-12H2. The van der Waals surface area contributed by atoms with Gasteiger partial charge in [0.25, 0.3) is 0 Å². The van der Waals surface area contributed by atoms with E-state index in [1.54, 1.807) is 6.42 Å². The van der Waals surface area contributed by atoms with Gasteiger partial charge < -0.3 is 14.2 Å². The van der Waals surface area contributed by atoms with E-state index in [0.717, 1.165) is 48.0 Å². The Hall–Kier alpha value is -0.870. The van der Waals surface area contributed by atoms with E-state index in [0.29, 0.717) is 19.8 Å². The predicted octanol–water partition coefficient (Wildman–Crippen LogP) is 3.07. The minimum absolute atomic E-state index is 0.281. The summed E-state index contributed by atoms with van der Waals surface area (Å²) in [6.07, 6.45) is 8.64. The molecule has 4 fully saturated rings. The zero-order chi connectivity index (χ0) is 16.5. The van der Waals surface area contributed by atoms with E-state index in [2.05, 4.69) is 6.58 Å². The first-order valence-electron chi connectivity index (χ1n) is 9.72. The molecule has 7 atom stereocenters. The van der Waals surface area contributed by atoms with Crippen LogP contribution in [-0.2, 0) is 19.0 Å². The minimum Gasteiger partial charge on any atom is -0.460 e. The number of hydrogen-bond donors (Lipinski definition) is 0. The fraction of sp³-hybridized carbons (Fsp3) is 0.850. The molecule has 4 saturated carbocycles. The first-order valence-corrected chi connectivity index (χ1v) is 9.72. The molecular formula is C20H30O4. The lowest BCUT2D eigenvalue weighted by Gasteiger charge is -2.38. The summed E-state index contributed by atoms with van der Waals surface area (Å²) < 4.78 is 16.2. The van der Waals surface area contributed by atoms with Crippen molar-refractivity contribution in [2.24, 2.45) is 41.4 Å². The first-order chi connectivity index (χ1) is 11.8. The summed E-state index contributed by atoms with van der Waals surface area (Å²) >= 11 is 0. The molecule has 0 heterocycles. The van der Waals surface area contributed by atoms with Crippen molar-refractivity contribution >= 4 is 5.97 Å². The van der Waals surface area contributed by atoms with Crippen molar-refractivity contribution < 1.29 is 19.0 Å². The molecule has 0 spiro atoms. The molecule has 0 saturated heterocycles. The second-order valence-corrected chi connectivity index (χ2v) is 8.20. The number of fused-ring (bicyclic) bond motifs is 9. The molecule has 7 unspecified atom stereocenters. The molecule has 4 aliphatic carbocycles. The van der Waals surface area contributed by atoms with Gasteiger partial charge in [-0.2, -0.15) is 0 Å². The highest BCUT2D eigenvalue weighted by Crippen LogP contribution is 2.68. The molecule has 0 amide bonds. The van der Waals surface area contributed by atoms with E-state index in [1.165, 1.54) is 31.8 Å². The third kappa shape index (κ3) is 3.03. The van der Waals surface area contributed by atoms with Gasteiger partial charge in [0, 0.05) is 12.7 Å². The quantitative estimate of drug-likeness (QED) is 0.281. The van der Waals surface area contributed by atoms with Crippen LogP contribution in [0.3, 0.4) is 0 Å². The van der Waals surface area contributed by atoms with Crippen molar-refractivity contribution in [3.05, 3.63) is 12.7 Å². The van der Waals surface area contributed by atoms with Gasteiger partial charge in [0.1, 0.15) is 6.61 Å². The van der Waals surface area contributed by atoms with Crippen LogP contribution in [-0.4, -0.2) is 39.0 Å². The van der Waals surface area contributed by atoms with E-state index < -0.39 is 5.97 Å². The van der Waals surface area contributed by atoms with Crippen LogP contribution in [0.25, 0.3) is 0 Å². The zero-order valence-electron chi connectivity index (χ0n) is 14.5. The molecule has 4 aliphatic rings. The van der Waals surface area contributed by atoms with Crippen molar-refractivity contribution in [3.8, 4) is 0 Å². The van der Waals surface area contributed by atoms with Gasteiger partial charge in [-0.25, -0.2) is 4.79 Å². The summed E-state index contributed by atoms with van der Waals surface area (Å²) in [4.78, 5) is 10.9. The van der Waals surface area contributed by atoms with Crippen LogP contribution in [0.4, 0.5) is 0 Å². The van der Waals surface area contributed by atoms with Crippen LogP contribution in [0.15, 0.2) is 12.7 Å².